The maximum Gasteiger partial charge on any atom is 0.306 e. The first-order chi connectivity index (χ1) is 37.5. The first-order valence-corrected chi connectivity index (χ1v) is 35.0. The molecule has 0 spiro atoms. The quantitative estimate of drug-likeness (QED) is 0.0343. The molecule has 0 aliphatic rings. The molecule has 0 bridgehead atoms. The molecule has 76 heavy (non-hydrogen) atoms. The van der Waals surface area contributed by atoms with E-state index in [-0.39, 0.29) is 31.1 Å². The molecule has 0 aliphatic carbocycles. The van der Waals surface area contributed by atoms with Crippen molar-refractivity contribution in [2.24, 2.45) is 0 Å². The molecule has 6 nitrogen and oxygen atoms in total. The average Bonchev–Trinajstić information content (AvgIpc) is 3.42. The van der Waals surface area contributed by atoms with Crippen molar-refractivity contribution in [2.45, 2.75) is 419 Å². The lowest BCUT2D eigenvalue weighted by atomic mass is 10.0. The summed E-state index contributed by atoms with van der Waals surface area (Å²) < 4.78 is 16.8. The number of carbonyl (C=O) groups excluding carboxylic acids is 3. The van der Waals surface area contributed by atoms with Crippen molar-refractivity contribution in [1.82, 2.24) is 0 Å². The lowest BCUT2D eigenvalue weighted by Gasteiger charge is -2.18. The van der Waals surface area contributed by atoms with Crippen molar-refractivity contribution in [3.05, 3.63) is 0 Å². The molecule has 6 heteroatoms. The van der Waals surface area contributed by atoms with E-state index >= 15 is 0 Å². The lowest BCUT2D eigenvalue weighted by molar-refractivity contribution is -0.167. The topological polar surface area (TPSA) is 78.9 Å². The fourth-order valence-corrected chi connectivity index (χ4v) is 11.1. The van der Waals surface area contributed by atoms with Crippen LogP contribution in [0.4, 0.5) is 0 Å². The summed E-state index contributed by atoms with van der Waals surface area (Å²) in [6.07, 6.45) is 77.7. The molecule has 0 radical (unpaired) electrons. The molecule has 0 saturated heterocycles. The minimum absolute atomic E-state index is 0.0622. The van der Waals surface area contributed by atoms with Crippen molar-refractivity contribution in [2.75, 3.05) is 13.2 Å². The zero-order valence-electron chi connectivity index (χ0n) is 52.1. The molecule has 0 amide bonds. The monoisotopic (exact) mass is 1070 g/mol. The van der Waals surface area contributed by atoms with Gasteiger partial charge in [0.2, 0.25) is 0 Å². The second-order valence-corrected chi connectivity index (χ2v) is 24.2. The normalized spacial score (nSPS) is 11.9. The van der Waals surface area contributed by atoms with Gasteiger partial charge in [0.25, 0.3) is 0 Å². The number of hydrogen-bond acceptors (Lipinski definition) is 6. The number of rotatable bonds is 66. The molecule has 1 atom stereocenters. The van der Waals surface area contributed by atoms with E-state index < -0.39 is 6.10 Å². The van der Waals surface area contributed by atoms with Crippen LogP contribution in [0, 0.1) is 0 Å². The molecule has 0 fully saturated rings. The minimum atomic E-state index is -0.761. The van der Waals surface area contributed by atoms with Crippen molar-refractivity contribution < 1.29 is 28.6 Å². The lowest BCUT2D eigenvalue weighted by Crippen LogP contribution is -2.30. The van der Waals surface area contributed by atoms with Gasteiger partial charge < -0.3 is 14.2 Å². The molecule has 0 N–H and O–H groups in total. The van der Waals surface area contributed by atoms with Gasteiger partial charge in [-0.15, -0.1) is 0 Å². The Morgan fingerprint density at radius 2 is 0.355 bits per heavy atom. The third kappa shape index (κ3) is 63.2. The number of carbonyl (C=O) groups is 3. The summed E-state index contributed by atoms with van der Waals surface area (Å²) in [5.41, 5.74) is 0. The van der Waals surface area contributed by atoms with Crippen LogP contribution in [0.1, 0.15) is 412 Å². The van der Waals surface area contributed by atoms with Gasteiger partial charge in [-0.25, -0.2) is 0 Å². The highest BCUT2D eigenvalue weighted by molar-refractivity contribution is 5.71. The average molecular weight is 1070 g/mol. The zero-order valence-corrected chi connectivity index (χ0v) is 52.1. The first kappa shape index (κ1) is 74.4. The molecule has 0 aromatic carbocycles. The molecule has 1 unspecified atom stereocenters. The smallest absolute Gasteiger partial charge is 0.306 e. The van der Waals surface area contributed by atoms with Gasteiger partial charge in [-0.2, -0.15) is 0 Å². The molecule has 0 aromatic rings. The van der Waals surface area contributed by atoms with Crippen LogP contribution in [-0.4, -0.2) is 37.2 Å². The van der Waals surface area contributed by atoms with Crippen LogP contribution in [-0.2, 0) is 28.6 Å². The Balaban J connectivity index is 3.87. The third-order valence-corrected chi connectivity index (χ3v) is 16.4. The summed E-state index contributed by atoms with van der Waals surface area (Å²) in [6, 6.07) is 0. The first-order valence-electron chi connectivity index (χ1n) is 35.0. The number of unbranched alkanes of at least 4 members (excludes halogenated alkanes) is 55. The highest BCUT2D eigenvalue weighted by atomic mass is 16.6. The molecular formula is C70H136O6. The molecule has 0 aromatic heterocycles. The highest BCUT2D eigenvalue weighted by Crippen LogP contribution is 2.19. The summed E-state index contributed by atoms with van der Waals surface area (Å²) in [5, 5.41) is 0. The van der Waals surface area contributed by atoms with Crippen LogP contribution in [0.15, 0.2) is 0 Å². The second kappa shape index (κ2) is 65.9. The minimum Gasteiger partial charge on any atom is -0.462 e. The predicted octanol–water partition coefficient (Wildman–Crippen LogP) is 23.8. The molecule has 0 saturated carbocycles. The number of hydrogen-bond donors (Lipinski definition) is 0. The van der Waals surface area contributed by atoms with Crippen molar-refractivity contribution in [3.63, 3.8) is 0 Å². The maximum atomic E-state index is 12.8. The summed E-state index contributed by atoms with van der Waals surface area (Å²) in [7, 11) is 0. The Hall–Kier alpha value is -1.59. The van der Waals surface area contributed by atoms with E-state index in [1.807, 2.05) is 0 Å². The Morgan fingerprint density at radius 3 is 0.526 bits per heavy atom. The van der Waals surface area contributed by atoms with E-state index in [0.29, 0.717) is 19.3 Å². The fraction of sp³-hybridized carbons (Fsp3) is 0.957. The van der Waals surface area contributed by atoms with E-state index in [0.717, 1.165) is 64.2 Å². The van der Waals surface area contributed by atoms with Crippen molar-refractivity contribution in [3.8, 4) is 0 Å². The van der Waals surface area contributed by atoms with Gasteiger partial charge in [0.05, 0.1) is 0 Å². The van der Waals surface area contributed by atoms with E-state index in [1.54, 1.807) is 0 Å². The van der Waals surface area contributed by atoms with E-state index in [9.17, 15) is 14.4 Å². The Labute approximate surface area is 476 Å². The standard InChI is InChI=1S/C70H136O6/c1-4-7-10-13-15-17-19-21-23-25-27-29-31-32-33-34-35-36-37-38-39-41-42-44-46-48-50-52-54-57-60-63-69(72)75-66-67(65-74-68(71)62-59-56-12-9-6-3)76-70(73)64-61-58-55-53-51-49-47-45-43-40-30-28-26-24-22-20-18-16-14-11-8-5-2/h67H,4-66H2,1-3H3. The summed E-state index contributed by atoms with van der Waals surface area (Å²) in [4.78, 5) is 38.0. The molecule has 452 valence electrons. The summed E-state index contributed by atoms with van der Waals surface area (Å²) in [6.45, 7) is 6.65. The fourth-order valence-electron chi connectivity index (χ4n) is 11.1. The van der Waals surface area contributed by atoms with Crippen LogP contribution < -0.4 is 0 Å². The van der Waals surface area contributed by atoms with E-state index in [2.05, 4.69) is 20.8 Å². The van der Waals surface area contributed by atoms with Gasteiger partial charge in [0.15, 0.2) is 6.10 Å². The molecule has 0 aliphatic heterocycles. The number of esters is 3. The Kier molecular flexibility index (Phi) is 64.5. The van der Waals surface area contributed by atoms with Gasteiger partial charge in [-0.05, 0) is 19.3 Å². The van der Waals surface area contributed by atoms with Crippen LogP contribution in [0.3, 0.4) is 0 Å². The van der Waals surface area contributed by atoms with E-state index in [4.69, 9.17) is 14.2 Å². The van der Waals surface area contributed by atoms with Crippen LogP contribution in [0.5, 0.6) is 0 Å². The van der Waals surface area contributed by atoms with Crippen LogP contribution in [0.2, 0.25) is 0 Å². The van der Waals surface area contributed by atoms with Gasteiger partial charge in [0.1, 0.15) is 13.2 Å². The number of ether oxygens (including phenoxy) is 3. The van der Waals surface area contributed by atoms with Crippen molar-refractivity contribution in [1.29, 1.82) is 0 Å². The highest BCUT2D eigenvalue weighted by Gasteiger charge is 2.19. The Morgan fingerprint density at radius 1 is 0.211 bits per heavy atom. The van der Waals surface area contributed by atoms with E-state index in [1.165, 1.54) is 308 Å². The van der Waals surface area contributed by atoms with Gasteiger partial charge in [-0.3, -0.25) is 14.4 Å². The van der Waals surface area contributed by atoms with Crippen LogP contribution in [0.25, 0.3) is 0 Å². The molecule has 0 rings (SSSR count). The zero-order chi connectivity index (χ0) is 55.0. The van der Waals surface area contributed by atoms with Gasteiger partial charge >= 0.3 is 17.9 Å². The Bertz CT molecular complexity index is 1140. The van der Waals surface area contributed by atoms with Gasteiger partial charge in [0, 0.05) is 19.3 Å². The van der Waals surface area contributed by atoms with Gasteiger partial charge in [-0.1, -0.05) is 374 Å². The van der Waals surface area contributed by atoms with Crippen LogP contribution >= 0.6 is 0 Å². The third-order valence-electron chi connectivity index (χ3n) is 16.4. The molecular weight excluding hydrogens is 937 g/mol. The SMILES string of the molecule is CCCCCCCCCCCCCCCCCCCCCCCCCCCCCCCCCC(=O)OCC(COC(=O)CCCCCCC)OC(=O)CCCCCCCCCCCCCCCCCCCCCCCC. The predicted molar refractivity (Wildman–Crippen MR) is 330 cm³/mol. The summed E-state index contributed by atoms with van der Waals surface area (Å²) >= 11 is 0. The maximum absolute atomic E-state index is 12.8. The van der Waals surface area contributed by atoms with Crippen molar-refractivity contribution >= 4 is 17.9 Å². The summed E-state index contributed by atoms with van der Waals surface area (Å²) in [5.74, 6) is -0.843. The second-order valence-electron chi connectivity index (χ2n) is 24.2. The largest absolute Gasteiger partial charge is 0.462 e. The molecule has 0 heterocycles.